The molecule has 17 heavy (non-hydrogen) atoms. The Hall–Kier alpha value is -2.04. The molecule has 92 valence electrons. The van der Waals surface area contributed by atoms with Gasteiger partial charge in [0.1, 0.15) is 0 Å². The minimum Gasteiger partial charge on any atom is -0.478 e. The largest absolute Gasteiger partial charge is 0.478 e. The zero-order valence-corrected chi connectivity index (χ0v) is 9.98. The number of rotatable bonds is 3. The smallest absolute Gasteiger partial charge is 0.337 e. The van der Waals surface area contributed by atoms with Gasteiger partial charge in [-0.25, -0.2) is 15.1 Å². The lowest BCUT2D eigenvalue weighted by molar-refractivity contribution is -0.149. The summed E-state index contributed by atoms with van der Waals surface area (Å²) in [6, 6.07) is 5.91. The first-order chi connectivity index (χ1) is 7.80. The number of carboxylic acid groups (broad SMARTS) is 1. The van der Waals surface area contributed by atoms with Gasteiger partial charge in [-0.05, 0) is 45.0 Å². The van der Waals surface area contributed by atoms with Crippen molar-refractivity contribution < 1.29 is 19.5 Å². The summed E-state index contributed by atoms with van der Waals surface area (Å²) in [7, 11) is 0. The van der Waals surface area contributed by atoms with Gasteiger partial charge in [0.05, 0.1) is 16.7 Å². The van der Waals surface area contributed by atoms with Crippen molar-refractivity contribution in [3.05, 3.63) is 29.8 Å². The summed E-state index contributed by atoms with van der Waals surface area (Å²) in [5, 5.41) is 8.69. The highest BCUT2D eigenvalue weighted by Gasteiger charge is 2.23. The molecule has 1 aromatic carbocycles. The van der Waals surface area contributed by atoms with Crippen molar-refractivity contribution in [2.45, 2.75) is 20.8 Å². The molecule has 0 fully saturated rings. The maximum Gasteiger partial charge on any atom is 0.337 e. The number of carboxylic acids is 1. The monoisotopic (exact) mass is 237 g/mol. The number of hydrogen-bond donors (Lipinski definition) is 2. The maximum atomic E-state index is 11.4. The normalized spacial score (nSPS) is 10.8. The van der Waals surface area contributed by atoms with Gasteiger partial charge in [0.15, 0.2) is 0 Å². The van der Waals surface area contributed by atoms with Crippen LogP contribution in [0.3, 0.4) is 0 Å². The van der Waals surface area contributed by atoms with E-state index in [1.54, 1.807) is 20.8 Å². The highest BCUT2D eigenvalue weighted by atomic mass is 16.7. The van der Waals surface area contributed by atoms with Gasteiger partial charge in [0, 0.05) is 0 Å². The van der Waals surface area contributed by atoms with Crippen LogP contribution >= 0.6 is 0 Å². The summed E-state index contributed by atoms with van der Waals surface area (Å²) in [6.07, 6.45) is 0. The Morgan fingerprint density at radius 1 is 1.18 bits per heavy atom. The van der Waals surface area contributed by atoms with Crippen molar-refractivity contribution in [1.29, 1.82) is 0 Å². The van der Waals surface area contributed by atoms with E-state index < -0.39 is 11.4 Å². The van der Waals surface area contributed by atoms with Crippen LogP contribution in [0.4, 0.5) is 5.69 Å². The minimum absolute atomic E-state index is 0.178. The molecule has 0 radical (unpaired) electrons. The maximum absolute atomic E-state index is 11.4. The summed E-state index contributed by atoms with van der Waals surface area (Å²) >= 11 is 0. The molecule has 0 unspecified atom stereocenters. The summed E-state index contributed by atoms with van der Waals surface area (Å²) in [5.41, 5.74) is 2.58. The third-order valence-electron chi connectivity index (χ3n) is 2.01. The Kier molecular flexibility index (Phi) is 3.73. The van der Waals surface area contributed by atoms with E-state index in [0.717, 1.165) is 0 Å². The third kappa shape index (κ3) is 3.79. The lowest BCUT2D eigenvalue weighted by Crippen LogP contribution is -2.25. The standard InChI is InChI=1S/C12H15NO4/c1-12(2,3)11(16)17-13-9-6-4-8(5-7-9)10(14)15/h4-7,13H,1-3H3,(H,14,15). The van der Waals surface area contributed by atoms with Crippen LogP contribution < -0.4 is 5.48 Å². The van der Waals surface area contributed by atoms with Crippen molar-refractivity contribution >= 4 is 17.6 Å². The second kappa shape index (κ2) is 4.86. The number of hydrogen-bond acceptors (Lipinski definition) is 4. The van der Waals surface area contributed by atoms with Crippen LogP contribution in [0.25, 0.3) is 0 Å². The Balaban J connectivity index is 2.59. The van der Waals surface area contributed by atoms with E-state index in [-0.39, 0.29) is 11.5 Å². The van der Waals surface area contributed by atoms with Crippen molar-refractivity contribution in [3.63, 3.8) is 0 Å². The first-order valence-electron chi connectivity index (χ1n) is 5.11. The van der Waals surface area contributed by atoms with E-state index >= 15 is 0 Å². The minimum atomic E-state index is -0.997. The lowest BCUT2D eigenvalue weighted by atomic mass is 9.98. The number of nitrogens with one attached hydrogen (secondary N) is 1. The average Bonchev–Trinajstić information content (AvgIpc) is 2.25. The molecule has 0 bridgehead atoms. The van der Waals surface area contributed by atoms with E-state index in [1.807, 2.05) is 0 Å². The molecule has 0 spiro atoms. The zero-order chi connectivity index (χ0) is 13.1. The van der Waals surface area contributed by atoms with Crippen molar-refractivity contribution in [1.82, 2.24) is 0 Å². The molecule has 5 heteroatoms. The molecule has 0 aliphatic rings. The summed E-state index contributed by atoms with van der Waals surface area (Å²) in [5.74, 6) is -1.39. The van der Waals surface area contributed by atoms with E-state index in [2.05, 4.69) is 5.48 Å². The Bertz CT molecular complexity index is 417. The van der Waals surface area contributed by atoms with Gasteiger partial charge < -0.3 is 9.94 Å². The quantitative estimate of drug-likeness (QED) is 0.789. The first-order valence-corrected chi connectivity index (χ1v) is 5.11. The molecule has 0 aromatic heterocycles. The zero-order valence-electron chi connectivity index (χ0n) is 9.98. The SMILES string of the molecule is CC(C)(C)C(=O)ONc1ccc(C(=O)O)cc1. The average molecular weight is 237 g/mol. The van der Waals surface area contributed by atoms with Crippen LogP contribution in [0, 0.1) is 5.41 Å². The predicted octanol–water partition coefficient (Wildman–Crippen LogP) is 2.30. The number of carbonyl (C=O) groups is 2. The second-order valence-electron chi connectivity index (χ2n) is 4.62. The first kappa shape index (κ1) is 13.0. The Morgan fingerprint density at radius 3 is 2.12 bits per heavy atom. The summed E-state index contributed by atoms with van der Waals surface area (Å²) < 4.78 is 0. The lowest BCUT2D eigenvalue weighted by Gasteiger charge is -2.16. The van der Waals surface area contributed by atoms with Gasteiger partial charge in [-0.2, -0.15) is 0 Å². The van der Waals surface area contributed by atoms with Gasteiger partial charge in [0.25, 0.3) is 0 Å². The highest BCUT2D eigenvalue weighted by Crippen LogP contribution is 2.16. The van der Waals surface area contributed by atoms with Crippen LogP contribution in [-0.4, -0.2) is 17.0 Å². The molecule has 5 nitrogen and oxygen atoms in total. The van der Waals surface area contributed by atoms with E-state index in [1.165, 1.54) is 24.3 Å². The summed E-state index contributed by atoms with van der Waals surface area (Å²) in [6.45, 7) is 5.22. The fraction of sp³-hybridized carbons (Fsp3) is 0.333. The van der Waals surface area contributed by atoms with Gasteiger partial charge in [0.2, 0.25) is 0 Å². The van der Waals surface area contributed by atoms with Crippen LogP contribution in [0.1, 0.15) is 31.1 Å². The van der Waals surface area contributed by atoms with Crippen molar-refractivity contribution in [2.75, 3.05) is 5.48 Å². The number of anilines is 1. The fourth-order valence-corrected chi connectivity index (χ4v) is 0.939. The second-order valence-corrected chi connectivity index (χ2v) is 4.62. The third-order valence-corrected chi connectivity index (χ3v) is 2.01. The molecule has 0 aliphatic carbocycles. The molecule has 2 N–H and O–H groups in total. The fourth-order valence-electron chi connectivity index (χ4n) is 0.939. The van der Waals surface area contributed by atoms with Crippen LogP contribution in [0.2, 0.25) is 0 Å². The van der Waals surface area contributed by atoms with Crippen molar-refractivity contribution in [3.8, 4) is 0 Å². The molecule has 0 heterocycles. The molecule has 0 saturated carbocycles. The highest BCUT2D eigenvalue weighted by molar-refractivity contribution is 5.88. The predicted molar refractivity (Wildman–Crippen MR) is 62.6 cm³/mol. The van der Waals surface area contributed by atoms with E-state index in [0.29, 0.717) is 5.69 Å². The molecule has 0 aliphatic heterocycles. The molecule has 1 aromatic rings. The molecule has 0 saturated heterocycles. The summed E-state index contributed by atoms with van der Waals surface area (Å²) in [4.78, 5) is 26.9. The molecule has 0 amide bonds. The van der Waals surface area contributed by atoms with Crippen LogP contribution in [-0.2, 0) is 9.63 Å². The molecule has 1 rings (SSSR count). The van der Waals surface area contributed by atoms with Gasteiger partial charge in [-0.1, -0.05) is 0 Å². The number of aromatic carboxylic acids is 1. The van der Waals surface area contributed by atoms with Gasteiger partial charge in [-0.3, -0.25) is 0 Å². The Morgan fingerprint density at radius 2 is 1.71 bits per heavy atom. The number of carbonyl (C=O) groups excluding carboxylic acids is 1. The van der Waals surface area contributed by atoms with E-state index in [4.69, 9.17) is 9.94 Å². The Labute approximate surface area is 99.4 Å². The molecule has 0 atom stereocenters. The van der Waals surface area contributed by atoms with Gasteiger partial charge in [-0.15, -0.1) is 0 Å². The van der Waals surface area contributed by atoms with Gasteiger partial charge >= 0.3 is 11.9 Å². The molecular formula is C12H15NO4. The molecular weight excluding hydrogens is 222 g/mol. The topological polar surface area (TPSA) is 75.6 Å². The van der Waals surface area contributed by atoms with Crippen LogP contribution in [0.15, 0.2) is 24.3 Å². The van der Waals surface area contributed by atoms with E-state index in [9.17, 15) is 9.59 Å². The number of benzene rings is 1. The van der Waals surface area contributed by atoms with Crippen LogP contribution in [0.5, 0.6) is 0 Å². The van der Waals surface area contributed by atoms with Crippen molar-refractivity contribution in [2.24, 2.45) is 5.41 Å².